The molecule has 0 fully saturated rings. The maximum Gasteiger partial charge on any atom is 0.224 e. The summed E-state index contributed by atoms with van der Waals surface area (Å²) in [4.78, 5) is 12.9. The van der Waals surface area contributed by atoms with Gasteiger partial charge < -0.3 is 10.2 Å². The van der Waals surface area contributed by atoms with Crippen LogP contribution in [-0.2, 0) is 4.79 Å². The van der Waals surface area contributed by atoms with E-state index in [2.05, 4.69) is 5.32 Å². The lowest BCUT2D eigenvalue weighted by Crippen LogP contribution is -2.29. The Morgan fingerprint density at radius 3 is 3.07 bits per heavy atom. The predicted molar refractivity (Wildman–Crippen MR) is 57.5 cm³/mol. The fourth-order valence-corrected chi connectivity index (χ4v) is 1.82. The minimum Gasteiger partial charge on any atom is -0.383 e. The Hall–Kier alpha value is -1.58. The van der Waals surface area contributed by atoms with E-state index in [1.807, 2.05) is 0 Å². The van der Waals surface area contributed by atoms with Crippen molar-refractivity contribution in [2.24, 2.45) is 0 Å². The highest BCUT2D eigenvalue weighted by atomic mass is 19.1. The molecule has 1 heterocycles. The van der Waals surface area contributed by atoms with Crippen molar-refractivity contribution in [2.45, 2.75) is 13.3 Å². The lowest BCUT2D eigenvalue weighted by Gasteiger charge is -2.21. The molecule has 1 N–H and O–H groups in total. The minimum atomic E-state index is -0.350. The van der Waals surface area contributed by atoms with Crippen molar-refractivity contribution in [2.75, 3.05) is 23.3 Å². The summed E-state index contributed by atoms with van der Waals surface area (Å²) in [5.74, 6) is -0.470. The smallest absolute Gasteiger partial charge is 0.224 e. The van der Waals surface area contributed by atoms with E-state index in [4.69, 9.17) is 0 Å². The zero-order valence-corrected chi connectivity index (χ0v) is 8.59. The molecule has 80 valence electrons. The first kappa shape index (κ1) is 9.96. The van der Waals surface area contributed by atoms with Gasteiger partial charge >= 0.3 is 0 Å². The molecular formula is C11H13FN2O. The normalized spacial score (nSPS) is 15.2. The first-order chi connectivity index (χ1) is 7.20. The molecule has 0 saturated carbocycles. The summed E-state index contributed by atoms with van der Waals surface area (Å²) in [7, 11) is 0. The maximum atomic E-state index is 13.6. The molecule has 1 aliphatic heterocycles. The molecule has 0 bridgehead atoms. The third-order valence-electron chi connectivity index (χ3n) is 2.51. The van der Waals surface area contributed by atoms with Crippen molar-refractivity contribution in [3.63, 3.8) is 0 Å². The number of rotatable bonds is 0. The number of carbonyl (C=O) groups excluding carboxylic acids is 1. The summed E-state index contributed by atoms with van der Waals surface area (Å²) in [5.41, 5.74) is 1.07. The summed E-state index contributed by atoms with van der Waals surface area (Å²) in [5, 5.41) is 3.12. The van der Waals surface area contributed by atoms with Crippen molar-refractivity contribution in [3.05, 3.63) is 24.0 Å². The number of nitrogens with one attached hydrogen (secondary N) is 1. The molecule has 0 saturated heterocycles. The highest BCUT2D eigenvalue weighted by molar-refractivity contribution is 5.95. The van der Waals surface area contributed by atoms with Crippen molar-refractivity contribution in [3.8, 4) is 0 Å². The van der Waals surface area contributed by atoms with Gasteiger partial charge in [0.05, 0.1) is 5.69 Å². The second kappa shape index (κ2) is 3.88. The highest BCUT2D eigenvalue weighted by Gasteiger charge is 2.21. The SMILES string of the molecule is CC(=O)N1CCCNc2cccc(F)c21. The van der Waals surface area contributed by atoms with E-state index in [9.17, 15) is 9.18 Å². The van der Waals surface area contributed by atoms with Crippen LogP contribution >= 0.6 is 0 Å². The molecule has 0 aromatic heterocycles. The molecule has 2 rings (SSSR count). The molecule has 1 aromatic rings. The number of nitrogens with zero attached hydrogens (tertiary/aromatic N) is 1. The molecule has 15 heavy (non-hydrogen) atoms. The van der Waals surface area contributed by atoms with Crippen LogP contribution in [0.4, 0.5) is 15.8 Å². The van der Waals surface area contributed by atoms with Crippen molar-refractivity contribution in [1.29, 1.82) is 0 Å². The van der Waals surface area contributed by atoms with Gasteiger partial charge in [0.2, 0.25) is 5.91 Å². The van der Waals surface area contributed by atoms with Crippen LogP contribution < -0.4 is 10.2 Å². The quantitative estimate of drug-likeness (QED) is 0.707. The zero-order chi connectivity index (χ0) is 10.8. The Labute approximate surface area is 87.9 Å². The number of para-hydroxylation sites is 1. The van der Waals surface area contributed by atoms with E-state index >= 15 is 0 Å². The van der Waals surface area contributed by atoms with E-state index in [1.54, 1.807) is 12.1 Å². The number of carbonyl (C=O) groups is 1. The van der Waals surface area contributed by atoms with E-state index < -0.39 is 0 Å². The monoisotopic (exact) mass is 208 g/mol. The molecule has 0 radical (unpaired) electrons. The van der Waals surface area contributed by atoms with Gasteiger partial charge in [0.25, 0.3) is 0 Å². The Bertz CT molecular complexity index is 392. The third-order valence-corrected chi connectivity index (χ3v) is 2.51. The van der Waals surface area contributed by atoms with Crippen LogP contribution in [-0.4, -0.2) is 19.0 Å². The van der Waals surface area contributed by atoms with E-state index in [0.717, 1.165) is 13.0 Å². The van der Waals surface area contributed by atoms with Crippen LogP contribution in [0.1, 0.15) is 13.3 Å². The Kier molecular flexibility index (Phi) is 2.58. The Balaban J connectivity index is 2.51. The third kappa shape index (κ3) is 1.79. The van der Waals surface area contributed by atoms with Gasteiger partial charge in [-0.3, -0.25) is 4.79 Å². The number of anilines is 2. The molecule has 4 heteroatoms. The van der Waals surface area contributed by atoms with E-state index in [-0.39, 0.29) is 11.7 Å². The van der Waals surface area contributed by atoms with Crippen LogP contribution in [0.2, 0.25) is 0 Å². The van der Waals surface area contributed by atoms with E-state index in [0.29, 0.717) is 17.9 Å². The number of amides is 1. The van der Waals surface area contributed by atoms with E-state index in [1.165, 1.54) is 17.9 Å². The molecule has 1 amide bonds. The number of benzene rings is 1. The van der Waals surface area contributed by atoms with Crippen LogP contribution in [0.3, 0.4) is 0 Å². The number of hydrogen-bond donors (Lipinski definition) is 1. The average molecular weight is 208 g/mol. The van der Waals surface area contributed by atoms with Gasteiger partial charge in [-0.2, -0.15) is 0 Å². The topological polar surface area (TPSA) is 32.3 Å². The van der Waals surface area contributed by atoms with Crippen LogP contribution in [0.15, 0.2) is 18.2 Å². The number of fused-ring (bicyclic) bond motifs is 1. The standard InChI is InChI=1S/C11H13FN2O/c1-8(15)14-7-3-6-13-10-5-2-4-9(12)11(10)14/h2,4-5,13H,3,6-7H2,1H3. The number of hydrogen-bond acceptors (Lipinski definition) is 2. The summed E-state index contributed by atoms with van der Waals surface area (Å²) in [6.07, 6.45) is 0.827. The van der Waals surface area contributed by atoms with Gasteiger partial charge in [0, 0.05) is 20.0 Å². The van der Waals surface area contributed by atoms with Gasteiger partial charge in [0.1, 0.15) is 11.5 Å². The molecular weight excluding hydrogens is 195 g/mol. The summed E-state index contributed by atoms with van der Waals surface area (Å²) in [6, 6.07) is 4.81. The lowest BCUT2D eigenvalue weighted by atomic mass is 10.2. The fraction of sp³-hybridized carbons (Fsp3) is 0.364. The largest absolute Gasteiger partial charge is 0.383 e. The van der Waals surface area contributed by atoms with Gasteiger partial charge in [0.15, 0.2) is 0 Å². The Morgan fingerprint density at radius 2 is 2.33 bits per heavy atom. The van der Waals surface area contributed by atoms with Gasteiger partial charge in [-0.15, -0.1) is 0 Å². The minimum absolute atomic E-state index is 0.120. The highest BCUT2D eigenvalue weighted by Crippen LogP contribution is 2.31. The molecule has 0 aliphatic carbocycles. The first-order valence-corrected chi connectivity index (χ1v) is 5.00. The number of halogens is 1. The zero-order valence-electron chi connectivity index (χ0n) is 8.59. The van der Waals surface area contributed by atoms with Crippen molar-refractivity contribution >= 4 is 17.3 Å². The fourth-order valence-electron chi connectivity index (χ4n) is 1.82. The molecule has 1 aliphatic rings. The molecule has 0 atom stereocenters. The van der Waals surface area contributed by atoms with Gasteiger partial charge in [-0.1, -0.05) is 6.07 Å². The summed E-state index contributed by atoms with van der Waals surface area (Å²) in [6.45, 7) is 2.79. The first-order valence-electron chi connectivity index (χ1n) is 5.00. The molecule has 1 aromatic carbocycles. The molecule has 3 nitrogen and oxygen atoms in total. The van der Waals surface area contributed by atoms with Crippen molar-refractivity contribution < 1.29 is 9.18 Å². The van der Waals surface area contributed by atoms with Crippen LogP contribution in [0, 0.1) is 5.82 Å². The second-order valence-electron chi connectivity index (χ2n) is 3.59. The summed E-state index contributed by atoms with van der Waals surface area (Å²) >= 11 is 0. The van der Waals surface area contributed by atoms with Crippen molar-refractivity contribution in [1.82, 2.24) is 0 Å². The second-order valence-corrected chi connectivity index (χ2v) is 3.59. The van der Waals surface area contributed by atoms with Gasteiger partial charge in [-0.25, -0.2) is 4.39 Å². The van der Waals surface area contributed by atoms with Crippen LogP contribution in [0.25, 0.3) is 0 Å². The van der Waals surface area contributed by atoms with Crippen LogP contribution in [0.5, 0.6) is 0 Å². The lowest BCUT2D eigenvalue weighted by molar-refractivity contribution is -0.116. The average Bonchev–Trinajstić information content (AvgIpc) is 2.40. The van der Waals surface area contributed by atoms with Gasteiger partial charge in [-0.05, 0) is 18.6 Å². The maximum absolute atomic E-state index is 13.6. The Morgan fingerprint density at radius 1 is 1.53 bits per heavy atom. The molecule has 0 spiro atoms. The summed E-state index contributed by atoms with van der Waals surface area (Å²) < 4.78 is 13.6. The molecule has 0 unspecified atom stereocenters. The predicted octanol–water partition coefficient (Wildman–Crippen LogP) is 1.99.